The molecule has 0 aromatic carbocycles. The number of hydrogen-bond acceptors (Lipinski definition) is 4. The molecule has 0 spiro atoms. The van der Waals surface area contributed by atoms with E-state index in [-0.39, 0.29) is 0 Å². The molecule has 0 saturated heterocycles. The van der Waals surface area contributed by atoms with Gasteiger partial charge in [0.15, 0.2) is 0 Å². The smallest absolute Gasteiger partial charge is 0.415 e. The van der Waals surface area contributed by atoms with E-state index in [4.69, 9.17) is 9.84 Å². The first-order valence-electron chi connectivity index (χ1n) is 4.20. The van der Waals surface area contributed by atoms with Gasteiger partial charge in [-0.05, 0) is 20.8 Å². The van der Waals surface area contributed by atoms with E-state index in [0.29, 0.717) is 0 Å². The van der Waals surface area contributed by atoms with Crippen LogP contribution < -0.4 is 10.6 Å². The number of rotatable bonds is 2. The van der Waals surface area contributed by atoms with Gasteiger partial charge in [0.25, 0.3) is 0 Å². The van der Waals surface area contributed by atoms with Gasteiger partial charge in [-0.3, -0.25) is 4.79 Å². The van der Waals surface area contributed by atoms with Crippen molar-refractivity contribution in [1.82, 2.24) is 10.6 Å². The van der Waals surface area contributed by atoms with E-state index in [2.05, 4.69) is 0 Å². The molecular weight excluding hydrogens is 204 g/mol. The molecule has 0 aromatic rings. The van der Waals surface area contributed by atoms with Gasteiger partial charge in [-0.1, -0.05) is 0 Å². The zero-order valence-electron chi connectivity index (χ0n) is 8.79. The lowest BCUT2D eigenvalue weighted by atomic mass is 10.2. The molecule has 0 atom stereocenters. The van der Waals surface area contributed by atoms with Gasteiger partial charge in [0, 0.05) is 0 Å². The number of carboxylic acid groups (broad SMARTS) is 1. The summed E-state index contributed by atoms with van der Waals surface area (Å²) >= 11 is 0. The molecule has 0 aliphatic heterocycles. The summed E-state index contributed by atoms with van der Waals surface area (Å²) in [4.78, 5) is 31.9. The molecule has 86 valence electrons. The highest BCUT2D eigenvalue weighted by Crippen LogP contribution is 2.05. The Kier molecular flexibility index (Phi) is 4.56. The number of imide groups is 1. The molecule has 0 saturated carbocycles. The Labute approximate surface area is 86.8 Å². The van der Waals surface area contributed by atoms with Crippen molar-refractivity contribution in [1.29, 1.82) is 0 Å². The van der Waals surface area contributed by atoms with E-state index in [1.54, 1.807) is 20.8 Å². The monoisotopic (exact) mass is 218 g/mol. The molecule has 0 aromatic heterocycles. The number of aliphatic carboxylic acids is 1. The van der Waals surface area contributed by atoms with Crippen LogP contribution in [0.4, 0.5) is 9.59 Å². The number of carbonyl (C=O) groups is 3. The zero-order valence-corrected chi connectivity index (χ0v) is 8.79. The van der Waals surface area contributed by atoms with Crippen LogP contribution in [0.1, 0.15) is 20.8 Å². The third kappa shape index (κ3) is 8.54. The lowest BCUT2D eigenvalue weighted by Gasteiger charge is -2.19. The number of amides is 3. The van der Waals surface area contributed by atoms with Crippen molar-refractivity contribution in [2.45, 2.75) is 26.4 Å². The molecular formula is C8H14N2O5. The maximum absolute atomic E-state index is 11.0. The molecule has 15 heavy (non-hydrogen) atoms. The first-order chi connectivity index (χ1) is 6.70. The summed E-state index contributed by atoms with van der Waals surface area (Å²) in [6, 6.07) is -0.911. The first-order valence-corrected chi connectivity index (χ1v) is 4.20. The minimum Gasteiger partial charge on any atom is -0.480 e. The third-order valence-electron chi connectivity index (χ3n) is 1.01. The Morgan fingerprint density at radius 1 is 1.27 bits per heavy atom. The first kappa shape index (κ1) is 13.2. The van der Waals surface area contributed by atoms with Crippen LogP contribution in [0.15, 0.2) is 0 Å². The van der Waals surface area contributed by atoms with Gasteiger partial charge in [0.1, 0.15) is 12.1 Å². The number of alkyl carbamates (subject to hydrolysis) is 1. The van der Waals surface area contributed by atoms with Gasteiger partial charge in [-0.2, -0.15) is 0 Å². The molecule has 0 aliphatic rings. The predicted molar refractivity (Wildman–Crippen MR) is 50.4 cm³/mol. The van der Waals surface area contributed by atoms with Crippen molar-refractivity contribution in [3.63, 3.8) is 0 Å². The highest BCUT2D eigenvalue weighted by Gasteiger charge is 2.17. The normalized spacial score (nSPS) is 10.3. The highest BCUT2D eigenvalue weighted by atomic mass is 16.6. The fourth-order valence-electron chi connectivity index (χ4n) is 0.596. The summed E-state index contributed by atoms with van der Waals surface area (Å²) in [6.45, 7) is 4.36. The van der Waals surface area contributed by atoms with Gasteiger partial charge < -0.3 is 15.2 Å². The van der Waals surface area contributed by atoms with Crippen LogP contribution in [0.5, 0.6) is 0 Å². The van der Waals surface area contributed by atoms with E-state index in [0.717, 1.165) is 0 Å². The zero-order chi connectivity index (χ0) is 12.1. The van der Waals surface area contributed by atoms with Crippen LogP contribution in [0.25, 0.3) is 0 Å². The number of urea groups is 1. The van der Waals surface area contributed by atoms with Crippen molar-refractivity contribution in [3.8, 4) is 0 Å². The molecule has 0 aliphatic carbocycles. The van der Waals surface area contributed by atoms with Gasteiger partial charge in [-0.25, -0.2) is 14.9 Å². The summed E-state index contributed by atoms with van der Waals surface area (Å²) in [7, 11) is 0. The minimum atomic E-state index is -1.20. The topological polar surface area (TPSA) is 105 Å². The van der Waals surface area contributed by atoms with E-state index in [1.807, 2.05) is 10.6 Å². The number of nitrogens with one attached hydrogen (secondary N) is 2. The number of carbonyl (C=O) groups excluding carboxylic acids is 2. The van der Waals surface area contributed by atoms with E-state index in [9.17, 15) is 14.4 Å². The maximum atomic E-state index is 11.0. The van der Waals surface area contributed by atoms with Gasteiger partial charge >= 0.3 is 18.1 Å². The summed E-state index contributed by atoms with van der Waals surface area (Å²) < 4.78 is 4.76. The highest BCUT2D eigenvalue weighted by molar-refractivity contribution is 5.92. The lowest BCUT2D eigenvalue weighted by molar-refractivity contribution is -0.135. The van der Waals surface area contributed by atoms with E-state index >= 15 is 0 Å². The molecule has 7 heteroatoms. The fourth-order valence-corrected chi connectivity index (χ4v) is 0.596. The second kappa shape index (κ2) is 5.18. The van der Waals surface area contributed by atoms with E-state index < -0.39 is 30.2 Å². The average Bonchev–Trinajstić information content (AvgIpc) is 1.96. The van der Waals surface area contributed by atoms with Gasteiger partial charge in [0.05, 0.1) is 0 Å². The van der Waals surface area contributed by atoms with Gasteiger partial charge in [-0.15, -0.1) is 0 Å². The standard InChI is InChI=1S/C8H14N2O5/c1-8(2,3)15-7(14)10-6(13)9-4-5(11)12/h4H2,1-3H3,(H,11,12)(H2,9,10,13,14). The maximum Gasteiger partial charge on any atom is 0.415 e. The molecule has 3 amide bonds. The van der Waals surface area contributed by atoms with Crippen LogP contribution in [0.3, 0.4) is 0 Å². The van der Waals surface area contributed by atoms with Crippen molar-refractivity contribution in [3.05, 3.63) is 0 Å². The van der Waals surface area contributed by atoms with Crippen molar-refractivity contribution in [2.75, 3.05) is 6.54 Å². The van der Waals surface area contributed by atoms with Crippen molar-refractivity contribution >= 4 is 18.1 Å². The summed E-state index contributed by atoms with van der Waals surface area (Å²) in [6.07, 6.45) is -0.926. The Balaban J connectivity index is 3.87. The van der Waals surface area contributed by atoms with Crippen molar-refractivity contribution < 1.29 is 24.2 Å². The molecule has 3 N–H and O–H groups in total. The number of hydrogen-bond donors (Lipinski definition) is 3. The quantitative estimate of drug-likeness (QED) is 0.618. The van der Waals surface area contributed by atoms with Crippen LogP contribution in [0, 0.1) is 0 Å². The largest absolute Gasteiger partial charge is 0.480 e. The Bertz CT molecular complexity index is 269. The molecule has 7 nitrogen and oxygen atoms in total. The summed E-state index contributed by atoms with van der Waals surface area (Å²) in [5.74, 6) is -1.20. The molecule has 0 heterocycles. The second-order valence-electron chi connectivity index (χ2n) is 3.70. The summed E-state index contributed by atoms with van der Waals surface area (Å²) in [5, 5.41) is 12.0. The average molecular weight is 218 g/mol. The number of ether oxygens (including phenoxy) is 1. The minimum absolute atomic E-state index is 0.561. The molecule has 0 fully saturated rings. The molecule has 0 rings (SSSR count). The lowest BCUT2D eigenvalue weighted by Crippen LogP contribution is -2.43. The van der Waals surface area contributed by atoms with Crippen LogP contribution >= 0.6 is 0 Å². The molecule has 0 radical (unpaired) electrons. The van der Waals surface area contributed by atoms with Crippen LogP contribution in [-0.4, -0.2) is 35.3 Å². The summed E-state index contributed by atoms with van der Waals surface area (Å²) in [5.41, 5.74) is -0.711. The Hall–Kier alpha value is -1.79. The Morgan fingerprint density at radius 3 is 2.20 bits per heavy atom. The third-order valence-corrected chi connectivity index (χ3v) is 1.01. The van der Waals surface area contributed by atoms with Gasteiger partial charge in [0.2, 0.25) is 0 Å². The van der Waals surface area contributed by atoms with Crippen LogP contribution in [0.2, 0.25) is 0 Å². The Morgan fingerprint density at radius 2 is 1.80 bits per heavy atom. The predicted octanol–water partition coefficient (Wildman–Crippen LogP) is 0.305. The number of carboxylic acids is 1. The second-order valence-corrected chi connectivity index (χ2v) is 3.70. The molecule has 0 bridgehead atoms. The SMILES string of the molecule is CC(C)(C)OC(=O)NC(=O)NCC(=O)O. The fraction of sp³-hybridized carbons (Fsp3) is 0.625. The van der Waals surface area contributed by atoms with Crippen LogP contribution in [-0.2, 0) is 9.53 Å². The van der Waals surface area contributed by atoms with E-state index in [1.165, 1.54) is 0 Å². The molecule has 0 unspecified atom stereocenters. The van der Waals surface area contributed by atoms with Crippen molar-refractivity contribution in [2.24, 2.45) is 0 Å².